The first-order chi connectivity index (χ1) is 12.8. The van der Waals surface area contributed by atoms with Crippen LogP contribution in [0.5, 0.6) is 5.75 Å². The van der Waals surface area contributed by atoms with E-state index in [9.17, 15) is 13.2 Å². The number of fused-ring (bicyclic) bond motifs is 3. The van der Waals surface area contributed by atoms with Crippen LogP contribution in [0.2, 0.25) is 0 Å². The molecule has 0 radical (unpaired) electrons. The Morgan fingerprint density at radius 1 is 1.26 bits per heavy atom. The molecule has 1 fully saturated rings. The smallest absolute Gasteiger partial charge is 0.306 e. The van der Waals surface area contributed by atoms with E-state index in [0.29, 0.717) is 6.42 Å². The van der Waals surface area contributed by atoms with E-state index in [4.69, 9.17) is 13.6 Å². The van der Waals surface area contributed by atoms with Crippen molar-refractivity contribution >= 4 is 21.5 Å². The first-order valence-electron chi connectivity index (χ1n) is 8.98. The third-order valence-corrected chi connectivity index (χ3v) is 5.89. The van der Waals surface area contributed by atoms with Gasteiger partial charge in [-0.1, -0.05) is 24.6 Å². The lowest BCUT2D eigenvalue weighted by Crippen LogP contribution is -2.38. The maximum atomic E-state index is 12.3. The van der Waals surface area contributed by atoms with Crippen LogP contribution < -0.4 is 9.61 Å². The highest BCUT2D eigenvalue weighted by Gasteiger charge is 2.46. The second-order valence-electron chi connectivity index (χ2n) is 7.32. The molecule has 0 N–H and O–H groups in total. The zero-order valence-corrected chi connectivity index (χ0v) is 16.1. The number of hydrogen-bond donors (Lipinski definition) is 0. The number of aliphatic imine (C=N–C) groups is 1. The van der Waals surface area contributed by atoms with E-state index in [0.717, 1.165) is 54.5 Å². The van der Waals surface area contributed by atoms with Crippen LogP contribution in [0.25, 0.3) is 0 Å². The van der Waals surface area contributed by atoms with Crippen LogP contribution in [0, 0.1) is 6.92 Å². The fourth-order valence-electron chi connectivity index (χ4n) is 4.25. The minimum atomic E-state index is -3.84. The molecule has 2 aromatic rings. The van der Waals surface area contributed by atoms with Crippen LogP contribution >= 0.6 is 0 Å². The van der Waals surface area contributed by atoms with Crippen molar-refractivity contribution in [3.8, 4) is 5.75 Å². The average molecular weight is 387 g/mol. The average Bonchev–Trinajstić information content (AvgIpc) is 2.93. The molecule has 142 valence electrons. The molecule has 1 aliphatic carbocycles. The molecule has 0 spiro atoms. The Bertz CT molecular complexity index is 1100. The molecule has 1 unspecified atom stereocenters. The van der Waals surface area contributed by atoms with E-state index >= 15 is 0 Å². The van der Waals surface area contributed by atoms with Gasteiger partial charge in [0, 0.05) is 23.6 Å². The lowest BCUT2D eigenvalue weighted by Gasteiger charge is -2.35. The maximum Gasteiger partial charge on any atom is 0.306 e. The standard InChI is InChI=1S/C20H21NO5S/c1-13-6-5-7-14-18(13)21-17-8-3-4-10-20(14,17)12-16-19(26-27(2,23)24)15(22)9-11-25-16/h5-7,9,11H,3-4,8,10,12H2,1-2H3. The van der Waals surface area contributed by atoms with Gasteiger partial charge in [0.25, 0.3) is 0 Å². The Labute approximate surface area is 158 Å². The van der Waals surface area contributed by atoms with Gasteiger partial charge in [0.15, 0.2) is 5.76 Å². The highest BCUT2D eigenvalue weighted by molar-refractivity contribution is 7.86. The van der Waals surface area contributed by atoms with Gasteiger partial charge in [-0.15, -0.1) is 0 Å². The molecule has 0 bridgehead atoms. The summed E-state index contributed by atoms with van der Waals surface area (Å²) >= 11 is 0. The molecule has 0 saturated heterocycles. The second-order valence-corrected chi connectivity index (χ2v) is 8.90. The molecule has 1 atom stereocenters. The molecule has 2 heterocycles. The normalized spacial score (nSPS) is 21.3. The molecule has 27 heavy (non-hydrogen) atoms. The Morgan fingerprint density at radius 3 is 2.85 bits per heavy atom. The molecule has 1 aromatic heterocycles. The highest BCUT2D eigenvalue weighted by Crippen LogP contribution is 2.50. The van der Waals surface area contributed by atoms with Gasteiger partial charge in [-0.3, -0.25) is 9.79 Å². The first kappa shape index (κ1) is 18.0. The van der Waals surface area contributed by atoms with Gasteiger partial charge in [0.05, 0.1) is 18.2 Å². The van der Waals surface area contributed by atoms with Crippen LogP contribution in [-0.2, 0) is 22.0 Å². The van der Waals surface area contributed by atoms with Gasteiger partial charge < -0.3 is 8.60 Å². The molecule has 6 nitrogen and oxygen atoms in total. The zero-order valence-electron chi connectivity index (χ0n) is 15.3. The van der Waals surface area contributed by atoms with Crippen molar-refractivity contribution in [2.75, 3.05) is 6.26 Å². The molecular weight excluding hydrogens is 366 g/mol. The summed E-state index contributed by atoms with van der Waals surface area (Å²) in [6.07, 6.45) is 6.42. The largest absolute Gasteiger partial charge is 0.465 e. The van der Waals surface area contributed by atoms with Gasteiger partial charge >= 0.3 is 10.1 Å². The lowest BCUT2D eigenvalue weighted by atomic mass is 9.66. The number of para-hydroxylation sites is 1. The first-order valence-corrected chi connectivity index (χ1v) is 10.8. The third kappa shape index (κ3) is 3.10. The lowest BCUT2D eigenvalue weighted by molar-refractivity contribution is 0.380. The van der Waals surface area contributed by atoms with E-state index < -0.39 is 15.5 Å². The van der Waals surface area contributed by atoms with Gasteiger partial charge in [-0.05, 0) is 37.3 Å². The summed E-state index contributed by atoms with van der Waals surface area (Å²) in [5.74, 6) is -0.00252. The van der Waals surface area contributed by atoms with E-state index in [1.165, 1.54) is 12.3 Å². The van der Waals surface area contributed by atoms with Gasteiger partial charge in [-0.25, -0.2) is 0 Å². The second kappa shape index (κ2) is 6.34. The molecular formula is C20H21NO5S. The summed E-state index contributed by atoms with van der Waals surface area (Å²) in [6, 6.07) is 7.29. The predicted octanol–water partition coefficient (Wildman–Crippen LogP) is 3.43. The summed E-state index contributed by atoms with van der Waals surface area (Å²) in [7, 11) is -3.84. The summed E-state index contributed by atoms with van der Waals surface area (Å²) in [4.78, 5) is 17.2. The van der Waals surface area contributed by atoms with Crippen molar-refractivity contribution in [1.29, 1.82) is 0 Å². The minimum absolute atomic E-state index is 0.247. The van der Waals surface area contributed by atoms with Crippen LogP contribution in [0.1, 0.15) is 42.6 Å². The molecule has 4 rings (SSSR count). The molecule has 1 aliphatic heterocycles. The summed E-state index contributed by atoms with van der Waals surface area (Å²) in [6.45, 7) is 2.04. The third-order valence-electron chi connectivity index (χ3n) is 5.42. The predicted molar refractivity (Wildman–Crippen MR) is 103 cm³/mol. The molecule has 0 amide bonds. The van der Waals surface area contributed by atoms with Crippen molar-refractivity contribution in [3.05, 3.63) is 57.6 Å². The molecule has 1 aromatic carbocycles. The van der Waals surface area contributed by atoms with E-state index in [2.05, 4.69) is 6.07 Å². The van der Waals surface area contributed by atoms with Crippen molar-refractivity contribution in [3.63, 3.8) is 0 Å². The zero-order chi connectivity index (χ0) is 19.2. The highest BCUT2D eigenvalue weighted by atomic mass is 32.2. The van der Waals surface area contributed by atoms with Crippen molar-refractivity contribution in [2.45, 2.75) is 44.4 Å². The Kier molecular flexibility index (Phi) is 4.22. The van der Waals surface area contributed by atoms with Gasteiger partial charge in [-0.2, -0.15) is 8.42 Å². The van der Waals surface area contributed by atoms with Crippen LogP contribution in [0.3, 0.4) is 0 Å². The fraction of sp³-hybridized carbons (Fsp3) is 0.400. The van der Waals surface area contributed by atoms with E-state index in [-0.39, 0.29) is 16.9 Å². The van der Waals surface area contributed by atoms with Crippen LogP contribution in [-0.4, -0.2) is 20.4 Å². The number of hydrogen-bond acceptors (Lipinski definition) is 6. The number of nitrogens with zero attached hydrogens (tertiary/aromatic N) is 1. The number of benzene rings is 1. The SMILES string of the molecule is Cc1cccc2c1N=C1CCCCC12Cc1occc(=O)c1OS(C)(=O)=O. The van der Waals surface area contributed by atoms with E-state index in [1.807, 2.05) is 19.1 Å². The summed E-state index contributed by atoms with van der Waals surface area (Å²) in [5, 5.41) is 0. The van der Waals surface area contributed by atoms with Crippen LogP contribution in [0.15, 0.2) is 44.7 Å². The Balaban J connectivity index is 1.85. The molecule has 2 aliphatic rings. The number of rotatable bonds is 4. The molecule has 7 heteroatoms. The number of aryl methyl sites for hydroxylation is 1. The topological polar surface area (TPSA) is 85.9 Å². The quantitative estimate of drug-likeness (QED) is 0.750. The van der Waals surface area contributed by atoms with Crippen molar-refractivity contribution in [2.24, 2.45) is 4.99 Å². The minimum Gasteiger partial charge on any atom is -0.465 e. The fourth-order valence-corrected chi connectivity index (χ4v) is 4.73. The van der Waals surface area contributed by atoms with Crippen molar-refractivity contribution in [1.82, 2.24) is 0 Å². The monoisotopic (exact) mass is 387 g/mol. The maximum absolute atomic E-state index is 12.3. The van der Waals surface area contributed by atoms with Gasteiger partial charge in [0.2, 0.25) is 11.2 Å². The van der Waals surface area contributed by atoms with E-state index in [1.54, 1.807) is 0 Å². The van der Waals surface area contributed by atoms with Gasteiger partial charge in [0.1, 0.15) is 0 Å². The summed E-state index contributed by atoms with van der Waals surface area (Å²) < 4.78 is 33.9. The summed E-state index contributed by atoms with van der Waals surface area (Å²) in [5.41, 5.74) is 3.40. The Hall–Kier alpha value is -2.41. The van der Waals surface area contributed by atoms with Crippen molar-refractivity contribution < 1.29 is 17.0 Å². The van der Waals surface area contributed by atoms with Crippen LogP contribution in [0.4, 0.5) is 5.69 Å². The Morgan fingerprint density at radius 2 is 2.07 bits per heavy atom. The molecule has 1 saturated carbocycles.